The molecule has 1 aromatic carbocycles. The van der Waals surface area contributed by atoms with Crippen molar-refractivity contribution in [3.8, 4) is 0 Å². The highest BCUT2D eigenvalue weighted by Crippen LogP contribution is 1.95. The molecule has 8 heavy (non-hydrogen) atoms. The van der Waals surface area contributed by atoms with Crippen LogP contribution in [-0.4, -0.2) is 5.11 Å². The van der Waals surface area contributed by atoms with Gasteiger partial charge < -0.3 is 5.11 Å². The number of aliphatic hydroxyl groups excluding tert-OH is 1. The lowest BCUT2D eigenvalue weighted by atomic mass is 10.2. The molecule has 0 aliphatic carbocycles. The van der Waals surface area contributed by atoms with Crippen molar-refractivity contribution >= 4 is 0 Å². The summed E-state index contributed by atoms with van der Waals surface area (Å²) in [4.78, 5) is 0. The number of aliphatic hydroxyl groups is 1. The van der Waals surface area contributed by atoms with Crippen LogP contribution in [0.15, 0.2) is 30.3 Å². The van der Waals surface area contributed by atoms with Gasteiger partial charge in [0.15, 0.2) is 0 Å². The van der Waals surface area contributed by atoms with Gasteiger partial charge in [0.2, 0.25) is 0 Å². The van der Waals surface area contributed by atoms with Crippen LogP contribution < -0.4 is 0 Å². The number of hydrogen-bond acceptors (Lipinski definition) is 1. The van der Waals surface area contributed by atoms with E-state index in [1.54, 1.807) is 0 Å². The summed E-state index contributed by atoms with van der Waals surface area (Å²) in [6.07, 6.45) is 0. The van der Waals surface area contributed by atoms with Gasteiger partial charge in [0, 0.05) is 0 Å². The van der Waals surface area contributed by atoms with Crippen molar-refractivity contribution in [2.45, 2.75) is 6.61 Å². The third-order valence-corrected chi connectivity index (χ3v) is 1.03. The van der Waals surface area contributed by atoms with E-state index >= 15 is 0 Å². The minimum Gasteiger partial charge on any atom is -0.392 e. The maximum absolute atomic E-state index is 8.54. The molecule has 1 aromatic rings. The highest BCUT2D eigenvalue weighted by atomic mass is 17.2. The van der Waals surface area contributed by atoms with Gasteiger partial charge in [-0.15, -0.1) is 0 Å². The van der Waals surface area contributed by atoms with Crippen LogP contribution in [0.3, 0.4) is 0 Å². The second-order valence-electron chi connectivity index (χ2n) is 1.64. The van der Waals surface area contributed by atoms with Gasteiger partial charge in [-0.2, -0.15) is 0 Å². The van der Waals surface area contributed by atoms with Gasteiger partial charge in [0.1, 0.15) is 0 Å². The monoisotopic (exact) mass is 109 g/mol. The lowest BCUT2D eigenvalue weighted by Gasteiger charge is -1.89. The molecule has 0 unspecified atom stereocenters. The fourth-order valence-electron chi connectivity index (χ4n) is 0.583. The standard InChI is InChI=1S/C7H8O/c8-6-7-4-2-1-3-5-7/h1-5,8H,6H2/i8+1. The van der Waals surface area contributed by atoms with Crippen molar-refractivity contribution in [3.05, 3.63) is 35.9 Å². The Morgan fingerprint density at radius 2 is 1.75 bits per heavy atom. The fraction of sp³-hybridized carbons (Fsp3) is 0.143. The maximum atomic E-state index is 8.54. The summed E-state index contributed by atoms with van der Waals surface area (Å²) in [5, 5.41) is 8.54. The number of hydrogen-bond donors (Lipinski definition) is 1. The Balaban J connectivity index is 2.83. The van der Waals surface area contributed by atoms with Gasteiger partial charge in [0.05, 0.1) is 6.61 Å². The van der Waals surface area contributed by atoms with Crippen molar-refractivity contribution in [1.29, 1.82) is 0 Å². The first-order chi connectivity index (χ1) is 3.93. The van der Waals surface area contributed by atoms with Crippen LogP contribution in [0.25, 0.3) is 0 Å². The zero-order chi connectivity index (χ0) is 5.82. The molecular formula is C7H8O. The van der Waals surface area contributed by atoms with Gasteiger partial charge in [-0.3, -0.25) is 0 Å². The van der Waals surface area contributed by atoms with E-state index in [-0.39, 0.29) is 6.61 Å². The average Bonchev–Trinajstić information content (AvgIpc) is 1.90. The van der Waals surface area contributed by atoms with E-state index in [0.717, 1.165) is 5.56 Å². The minimum atomic E-state index is 0.140. The molecule has 0 saturated carbocycles. The van der Waals surface area contributed by atoms with Gasteiger partial charge in [-0.25, -0.2) is 0 Å². The van der Waals surface area contributed by atoms with E-state index in [1.165, 1.54) is 0 Å². The molecule has 0 fully saturated rings. The topological polar surface area (TPSA) is 20.2 Å². The molecule has 1 N–H and O–H groups in total. The quantitative estimate of drug-likeness (QED) is 0.574. The Hall–Kier alpha value is -0.820. The van der Waals surface area contributed by atoms with Crippen LogP contribution in [-0.2, 0) is 6.61 Å². The second-order valence-corrected chi connectivity index (χ2v) is 1.64. The number of benzene rings is 1. The summed E-state index contributed by atoms with van der Waals surface area (Å²) in [7, 11) is 0. The van der Waals surface area contributed by atoms with E-state index in [0.29, 0.717) is 0 Å². The largest absolute Gasteiger partial charge is 0.392 e. The Labute approximate surface area is 48.6 Å². The number of rotatable bonds is 1. The highest BCUT2D eigenvalue weighted by molar-refractivity contribution is 5.12. The third-order valence-electron chi connectivity index (χ3n) is 1.03. The Morgan fingerprint density at radius 1 is 1.12 bits per heavy atom. The van der Waals surface area contributed by atoms with Crippen LogP contribution in [0.4, 0.5) is 0 Å². The maximum Gasteiger partial charge on any atom is 0.0681 e. The zero-order valence-electron chi connectivity index (χ0n) is 4.54. The first-order valence-electron chi connectivity index (χ1n) is 2.58. The summed E-state index contributed by atoms with van der Waals surface area (Å²) < 4.78 is 0. The molecule has 1 heteroatoms. The molecule has 0 bridgehead atoms. The molecule has 0 radical (unpaired) electrons. The van der Waals surface area contributed by atoms with Crippen LogP contribution >= 0.6 is 0 Å². The highest BCUT2D eigenvalue weighted by Gasteiger charge is 1.81. The third kappa shape index (κ3) is 1.07. The normalized spacial score (nSPS) is 9.12. The predicted octanol–water partition coefficient (Wildman–Crippen LogP) is 1.18. The zero-order valence-corrected chi connectivity index (χ0v) is 4.54. The van der Waals surface area contributed by atoms with Crippen molar-refractivity contribution in [1.82, 2.24) is 0 Å². The fourth-order valence-corrected chi connectivity index (χ4v) is 0.583. The Bertz CT molecular complexity index is 146. The molecule has 0 amide bonds. The second kappa shape index (κ2) is 2.48. The summed E-state index contributed by atoms with van der Waals surface area (Å²) in [5.41, 5.74) is 0.965. The minimum absolute atomic E-state index is 0.140. The first kappa shape index (κ1) is 5.32. The molecule has 42 valence electrons. The molecule has 0 aromatic heterocycles. The summed E-state index contributed by atoms with van der Waals surface area (Å²) in [6.45, 7) is 0.140. The van der Waals surface area contributed by atoms with Crippen molar-refractivity contribution in [2.75, 3.05) is 0 Å². The van der Waals surface area contributed by atoms with Gasteiger partial charge in [-0.05, 0) is 5.56 Å². The van der Waals surface area contributed by atoms with Crippen molar-refractivity contribution < 1.29 is 5.11 Å². The smallest absolute Gasteiger partial charge is 0.0681 e. The Morgan fingerprint density at radius 3 is 2.12 bits per heavy atom. The molecule has 0 spiro atoms. The SMILES string of the molecule is [17OH]Cc1ccccc1. The lowest BCUT2D eigenvalue weighted by Crippen LogP contribution is -1.77. The predicted molar refractivity (Wildman–Crippen MR) is 32.4 cm³/mol. The van der Waals surface area contributed by atoms with Crippen molar-refractivity contribution in [3.63, 3.8) is 0 Å². The lowest BCUT2D eigenvalue weighted by molar-refractivity contribution is 0.282. The van der Waals surface area contributed by atoms with Crippen LogP contribution in [0.5, 0.6) is 0 Å². The van der Waals surface area contributed by atoms with Crippen LogP contribution in [0.1, 0.15) is 5.56 Å². The Kier molecular flexibility index (Phi) is 1.65. The van der Waals surface area contributed by atoms with Crippen molar-refractivity contribution in [2.24, 2.45) is 0 Å². The molecule has 0 aliphatic rings. The first-order valence-corrected chi connectivity index (χ1v) is 2.58. The summed E-state index contributed by atoms with van der Waals surface area (Å²) in [5.74, 6) is 0. The van der Waals surface area contributed by atoms with E-state index in [4.69, 9.17) is 5.11 Å². The summed E-state index contributed by atoms with van der Waals surface area (Å²) in [6, 6.07) is 9.52. The van der Waals surface area contributed by atoms with Gasteiger partial charge in [-0.1, -0.05) is 30.3 Å². The molecule has 0 aliphatic heterocycles. The van der Waals surface area contributed by atoms with Crippen LogP contribution in [0.2, 0.25) is 0 Å². The van der Waals surface area contributed by atoms with E-state index in [9.17, 15) is 0 Å². The van der Waals surface area contributed by atoms with Gasteiger partial charge >= 0.3 is 0 Å². The molecular weight excluding hydrogens is 101 g/mol. The van der Waals surface area contributed by atoms with Crippen LogP contribution in [0, 0.1) is 0 Å². The van der Waals surface area contributed by atoms with E-state index in [2.05, 4.69) is 0 Å². The molecule has 1 rings (SSSR count). The molecule has 0 heterocycles. The van der Waals surface area contributed by atoms with E-state index in [1.807, 2.05) is 30.3 Å². The summed E-state index contributed by atoms with van der Waals surface area (Å²) >= 11 is 0. The van der Waals surface area contributed by atoms with E-state index < -0.39 is 0 Å². The average molecular weight is 109 g/mol. The molecule has 1 nitrogen and oxygen atoms in total. The molecule has 0 saturated heterocycles. The molecule has 0 atom stereocenters. The van der Waals surface area contributed by atoms with Gasteiger partial charge in [0.25, 0.3) is 0 Å².